The van der Waals surface area contributed by atoms with Gasteiger partial charge in [-0.05, 0) is 49.4 Å². The molecule has 0 saturated heterocycles. The lowest BCUT2D eigenvalue weighted by molar-refractivity contribution is -0.468. The Kier molecular flexibility index (Phi) is 8.90. The van der Waals surface area contributed by atoms with Crippen molar-refractivity contribution < 1.29 is 41.8 Å². The zero-order valence-corrected chi connectivity index (χ0v) is 23.5. The molecule has 0 aliphatic rings. The molecule has 16 heteroatoms. The predicted molar refractivity (Wildman–Crippen MR) is 152 cm³/mol. The van der Waals surface area contributed by atoms with Crippen molar-refractivity contribution >= 4 is 51.6 Å². The minimum atomic E-state index is -4.86. The molecule has 0 saturated carbocycles. The maximum atomic E-state index is 13.4. The Morgan fingerprint density at radius 3 is 2.48 bits per heavy atom. The average Bonchev–Trinajstić information content (AvgIpc) is 2.98. The number of halogens is 4. The Hall–Kier alpha value is -5.44. The minimum Gasteiger partial charge on any atom is -0.805 e. The zero-order chi connectivity index (χ0) is 32.3. The summed E-state index contributed by atoms with van der Waals surface area (Å²) in [6, 6.07) is 11.8. The molecular weight excluding hydrogens is 611 g/mol. The number of anilines is 1. The number of methoxy groups -OCH3 is 1. The molecule has 228 valence electrons. The number of rotatable bonds is 8. The second kappa shape index (κ2) is 12.4. The number of benzene rings is 3. The third-order valence-corrected chi connectivity index (χ3v) is 6.63. The highest BCUT2D eigenvalue weighted by molar-refractivity contribution is 6.46. The number of aromatic hydroxyl groups is 1. The first kappa shape index (κ1) is 31.5. The molecule has 1 aromatic heterocycles. The summed E-state index contributed by atoms with van der Waals surface area (Å²) in [6.45, 7) is 1.20. The second-order valence-corrected chi connectivity index (χ2v) is 9.55. The molecule has 12 nitrogen and oxygen atoms in total. The molecule has 0 unspecified atom stereocenters. The molecule has 4 aromatic rings. The number of phenols is 1. The molecule has 0 spiro atoms. The summed E-state index contributed by atoms with van der Waals surface area (Å²) < 4.78 is 45.6. The molecule has 2 amide bonds. The van der Waals surface area contributed by atoms with Gasteiger partial charge in [0.05, 0.1) is 45.9 Å². The number of ether oxygens (including phenoxy) is 1. The minimum absolute atomic E-state index is 0.0837. The lowest BCUT2D eigenvalue weighted by atomic mass is 10.1. The maximum Gasteiger partial charge on any atom is 0.417 e. The lowest BCUT2D eigenvalue weighted by Crippen LogP contribution is -2.34. The molecule has 0 atom stereocenters. The number of amides is 2. The lowest BCUT2D eigenvalue weighted by Gasteiger charge is -2.16. The number of ketones is 1. The van der Waals surface area contributed by atoms with Crippen LogP contribution in [0, 0.1) is 17.0 Å². The highest BCUT2D eigenvalue weighted by Crippen LogP contribution is 2.36. The van der Waals surface area contributed by atoms with E-state index in [2.05, 4.69) is 10.4 Å². The first-order chi connectivity index (χ1) is 20.7. The molecule has 0 fully saturated rings. The number of hydrogen-bond donors (Lipinski definition) is 3. The van der Waals surface area contributed by atoms with Crippen LogP contribution in [0.2, 0.25) is 5.02 Å². The molecule has 0 bridgehead atoms. The van der Waals surface area contributed by atoms with Crippen molar-refractivity contribution in [3.8, 4) is 11.5 Å². The van der Waals surface area contributed by atoms with Crippen molar-refractivity contribution in [2.45, 2.75) is 19.5 Å². The van der Waals surface area contributed by atoms with E-state index in [0.717, 1.165) is 12.1 Å². The fraction of sp³-hybridized carbons (Fsp3) is 0.143. The van der Waals surface area contributed by atoms with Gasteiger partial charge < -0.3 is 25.1 Å². The van der Waals surface area contributed by atoms with Crippen LogP contribution in [0.5, 0.6) is 11.5 Å². The van der Waals surface area contributed by atoms with Gasteiger partial charge in [0.15, 0.2) is 0 Å². The van der Waals surface area contributed by atoms with Crippen molar-refractivity contribution in [2.75, 3.05) is 12.4 Å². The molecule has 0 aliphatic heterocycles. The van der Waals surface area contributed by atoms with Crippen LogP contribution in [0.3, 0.4) is 0 Å². The fourth-order valence-electron chi connectivity index (χ4n) is 4.10. The smallest absolute Gasteiger partial charge is 0.417 e. The standard InChI is InChI=1S/C28H21ClF3N5O7/c1-14-25(37(43)22-12-16(44-2)8-10-21(22)36(14)42)24(39)13-20(34-35-26(40)17-5-3-4-6-23(17)38)27(41)33-15-7-9-19(29)18(11-15)28(30,31)32/h3-12,38H,13H2,1-2H3,(H,33,41)(H,35,40)/b34-20+. The van der Waals surface area contributed by atoms with Crippen molar-refractivity contribution in [1.82, 2.24) is 10.2 Å². The predicted octanol–water partition coefficient (Wildman–Crippen LogP) is 4.59. The Morgan fingerprint density at radius 1 is 1.11 bits per heavy atom. The van der Waals surface area contributed by atoms with E-state index in [9.17, 15) is 42.8 Å². The van der Waals surface area contributed by atoms with Gasteiger partial charge in [0.25, 0.3) is 17.3 Å². The van der Waals surface area contributed by atoms with Gasteiger partial charge in [-0.15, -0.1) is 0 Å². The number of hydrogen-bond acceptors (Lipinski definition) is 8. The number of para-hydroxylation sites is 1. The number of nitrogens with one attached hydrogen (secondary N) is 2. The van der Waals surface area contributed by atoms with Crippen molar-refractivity contribution in [3.63, 3.8) is 0 Å². The molecular formula is C28H21ClF3N5O7. The number of carbonyl (C=O) groups excluding carboxylic acids is 3. The quantitative estimate of drug-likeness (QED) is 0.111. The fourth-order valence-corrected chi connectivity index (χ4v) is 4.32. The number of carbonyl (C=O) groups is 3. The van der Waals surface area contributed by atoms with Gasteiger partial charge in [0.1, 0.15) is 22.7 Å². The first-order valence-corrected chi connectivity index (χ1v) is 12.8. The third kappa shape index (κ3) is 6.47. The Labute approximate surface area is 250 Å². The molecule has 3 aromatic carbocycles. The van der Waals surface area contributed by atoms with Gasteiger partial charge in [-0.25, -0.2) is 5.43 Å². The third-order valence-electron chi connectivity index (χ3n) is 6.30. The van der Waals surface area contributed by atoms with Crippen LogP contribution in [0.1, 0.15) is 38.5 Å². The monoisotopic (exact) mass is 631 g/mol. The van der Waals surface area contributed by atoms with E-state index in [0.29, 0.717) is 10.8 Å². The highest BCUT2D eigenvalue weighted by atomic mass is 35.5. The molecule has 1 heterocycles. The Morgan fingerprint density at radius 2 is 1.82 bits per heavy atom. The van der Waals surface area contributed by atoms with Crippen LogP contribution in [0.25, 0.3) is 11.0 Å². The van der Waals surface area contributed by atoms with Crippen LogP contribution < -0.4 is 19.9 Å². The number of Topliss-reactive ketones (excluding diaryl/α,β-unsaturated/α-hetero) is 1. The number of hydrazone groups is 1. The normalized spacial score (nSPS) is 11.7. The molecule has 0 aliphatic carbocycles. The van der Waals surface area contributed by atoms with Crippen LogP contribution in [-0.2, 0) is 11.0 Å². The summed E-state index contributed by atoms with van der Waals surface area (Å²) in [5.41, 5.74) is -1.96. The van der Waals surface area contributed by atoms with Crippen molar-refractivity contribution in [3.05, 3.63) is 98.3 Å². The van der Waals surface area contributed by atoms with Gasteiger partial charge >= 0.3 is 11.9 Å². The van der Waals surface area contributed by atoms with Gasteiger partial charge in [-0.1, -0.05) is 23.7 Å². The highest BCUT2D eigenvalue weighted by Gasteiger charge is 2.34. The van der Waals surface area contributed by atoms with E-state index < -0.39 is 57.9 Å². The summed E-state index contributed by atoms with van der Waals surface area (Å²) in [4.78, 5) is 52.5. The summed E-state index contributed by atoms with van der Waals surface area (Å²) in [5.74, 6) is -3.56. The molecule has 44 heavy (non-hydrogen) atoms. The van der Waals surface area contributed by atoms with Gasteiger partial charge in [-0.3, -0.25) is 14.4 Å². The van der Waals surface area contributed by atoms with Gasteiger partial charge in [0.2, 0.25) is 5.78 Å². The summed E-state index contributed by atoms with van der Waals surface area (Å²) in [6.07, 6.45) is -5.85. The SMILES string of the molecule is COc1ccc2c(c1)[n+](=O)c(C(=O)C/C(=N\NC(=O)c1ccccc1O)C(=O)Nc1ccc(Cl)c(C(F)(F)F)c1)c(C)n2[O-]. The number of alkyl halides is 3. The number of phenolic OH excluding ortho intramolecular Hbond substituents is 1. The number of nitrogens with zero attached hydrogens (tertiary/aromatic N) is 3. The second-order valence-electron chi connectivity index (χ2n) is 9.14. The molecule has 3 N–H and O–H groups in total. The van der Waals surface area contributed by atoms with Crippen molar-refractivity contribution in [2.24, 2.45) is 5.10 Å². The number of fused-ring (bicyclic) bond motifs is 1. The largest absolute Gasteiger partial charge is 0.805 e. The molecule has 4 rings (SSSR count). The van der Waals surface area contributed by atoms with Crippen LogP contribution in [-0.4, -0.2) is 40.3 Å². The van der Waals surface area contributed by atoms with E-state index >= 15 is 0 Å². The average molecular weight is 632 g/mol. The summed E-state index contributed by atoms with van der Waals surface area (Å²) in [5, 5.41) is 28.0. The maximum absolute atomic E-state index is 13.4. The van der Waals surface area contributed by atoms with Crippen molar-refractivity contribution in [1.29, 1.82) is 0 Å². The van der Waals surface area contributed by atoms with E-state index in [4.69, 9.17) is 16.3 Å². The summed E-state index contributed by atoms with van der Waals surface area (Å²) >= 11 is 5.64. The van der Waals surface area contributed by atoms with Crippen LogP contribution in [0.15, 0.2) is 65.8 Å². The Balaban J connectivity index is 1.74. The van der Waals surface area contributed by atoms with E-state index in [1.165, 1.54) is 56.5 Å². The van der Waals surface area contributed by atoms with E-state index in [1.54, 1.807) is 0 Å². The molecule has 0 radical (unpaired) electrons. The number of aromatic nitrogens is 2. The van der Waals surface area contributed by atoms with Crippen LogP contribution >= 0.6 is 11.6 Å². The topological polar surface area (TPSA) is 168 Å². The summed E-state index contributed by atoms with van der Waals surface area (Å²) in [7, 11) is 1.32. The zero-order valence-electron chi connectivity index (χ0n) is 22.7. The van der Waals surface area contributed by atoms with E-state index in [-0.39, 0.29) is 38.2 Å². The van der Waals surface area contributed by atoms with E-state index in [1.807, 2.05) is 5.43 Å². The Bertz CT molecular complexity index is 1910. The first-order valence-electron chi connectivity index (χ1n) is 12.4. The van der Waals surface area contributed by atoms with Gasteiger partial charge in [0, 0.05) is 10.6 Å². The van der Waals surface area contributed by atoms with Gasteiger partial charge in [-0.2, -0.15) is 18.3 Å². The van der Waals surface area contributed by atoms with Crippen LogP contribution in [0.4, 0.5) is 18.9 Å².